The van der Waals surface area contributed by atoms with Crippen molar-refractivity contribution in [1.82, 2.24) is 25.2 Å². The Hall–Kier alpha value is -5.15. The van der Waals surface area contributed by atoms with Crippen molar-refractivity contribution < 1.29 is 42.1 Å². The lowest BCUT2D eigenvalue weighted by Crippen LogP contribution is -2.60. The summed E-state index contributed by atoms with van der Waals surface area (Å²) in [7, 11) is -4.46. The minimum absolute atomic E-state index is 0.0263. The number of carbonyl (C=O) groups is 4. The van der Waals surface area contributed by atoms with Gasteiger partial charge in [0.2, 0.25) is 17.7 Å². The van der Waals surface area contributed by atoms with Crippen LogP contribution in [-0.4, -0.2) is 109 Å². The number of morpholine rings is 1. The summed E-state index contributed by atoms with van der Waals surface area (Å²) in [5, 5.41) is 6.17. The third-order valence-electron chi connectivity index (χ3n) is 13.2. The normalized spacial score (nSPS) is 25.1. The third-order valence-corrected chi connectivity index (χ3v) is 16.4. The van der Waals surface area contributed by atoms with Crippen LogP contribution in [0.4, 0.5) is 10.1 Å². The molecule has 2 aromatic heterocycles. The monoisotopic (exact) mass is 912 g/mol. The molecule has 17 heteroatoms. The molecule has 4 aromatic rings. The van der Waals surface area contributed by atoms with Gasteiger partial charge in [-0.1, -0.05) is 43.3 Å². The van der Waals surface area contributed by atoms with Crippen LogP contribution in [0.1, 0.15) is 78.6 Å². The maximum absolute atomic E-state index is 16.6. The van der Waals surface area contributed by atoms with E-state index in [4.69, 9.17) is 14.0 Å². The number of rotatable bonds is 14. The molecule has 2 N–H and O–H groups in total. The first-order valence-electron chi connectivity index (χ1n) is 22.3. The van der Waals surface area contributed by atoms with E-state index in [2.05, 4.69) is 32.4 Å². The number of pyridine rings is 1. The number of nitrogens with zero attached hydrogens (tertiary/aromatic N) is 4. The van der Waals surface area contributed by atoms with Crippen LogP contribution in [0.3, 0.4) is 0 Å². The molecule has 0 spiro atoms. The van der Waals surface area contributed by atoms with Crippen molar-refractivity contribution >= 4 is 58.3 Å². The molecule has 0 radical (unpaired) electrons. The molecule has 6 heterocycles. The number of ether oxygens (including phenoxy) is 2. The number of esters is 1. The fraction of sp³-hybridized carbons (Fsp3) is 0.468. The van der Waals surface area contributed by atoms with Gasteiger partial charge in [0.05, 0.1) is 24.7 Å². The van der Waals surface area contributed by atoms with Crippen molar-refractivity contribution in [2.45, 2.75) is 81.9 Å². The number of aromatic nitrogens is 1. The Bertz CT molecular complexity index is 2460. The summed E-state index contributed by atoms with van der Waals surface area (Å²) in [5.74, 6) is -2.95. The molecule has 5 aliphatic rings. The SMILES string of the molecule is CCCOC(=O)[C@H](C)NP(=O)(Oc1ccccc1)[C@H](F)c1ccc2sc(C(=O)N[C@H]3C[C@H]4C=C[C@H]4C[C@H]4CC[C@@H](C(=O)N5CC(c6cnccc6N6CCOCC6)C5)N4C3=O)cc2c1. The molecule has 1 unspecified atom stereocenters. The zero-order valence-electron chi connectivity index (χ0n) is 36.0. The number of likely N-dealkylation sites (tertiary alicyclic amines) is 1. The lowest BCUT2D eigenvalue weighted by Gasteiger charge is -2.45. The molecule has 9 rings (SSSR count). The molecule has 338 valence electrons. The molecule has 3 amide bonds. The molecule has 4 fully saturated rings. The van der Waals surface area contributed by atoms with Gasteiger partial charge >= 0.3 is 13.5 Å². The summed E-state index contributed by atoms with van der Waals surface area (Å²) in [6.45, 7) is 7.50. The highest BCUT2D eigenvalue weighted by atomic mass is 32.1. The van der Waals surface area contributed by atoms with Crippen molar-refractivity contribution in [2.75, 3.05) is 50.9 Å². The number of hydrogen-bond acceptors (Lipinski definition) is 11. The van der Waals surface area contributed by atoms with Crippen LogP contribution in [0.5, 0.6) is 5.75 Å². The van der Waals surface area contributed by atoms with Crippen molar-refractivity contribution in [2.24, 2.45) is 11.8 Å². The van der Waals surface area contributed by atoms with E-state index < -0.39 is 43.4 Å². The second-order valence-corrected chi connectivity index (χ2v) is 20.6. The highest BCUT2D eigenvalue weighted by Gasteiger charge is 2.50. The summed E-state index contributed by atoms with van der Waals surface area (Å²) in [6, 6.07) is 13.8. The predicted octanol–water partition coefficient (Wildman–Crippen LogP) is 6.98. The zero-order chi connectivity index (χ0) is 44.5. The van der Waals surface area contributed by atoms with Gasteiger partial charge < -0.3 is 34.0 Å². The Morgan fingerprint density at radius 2 is 1.78 bits per heavy atom. The van der Waals surface area contributed by atoms with E-state index in [1.165, 1.54) is 30.4 Å². The van der Waals surface area contributed by atoms with E-state index in [1.54, 1.807) is 53.6 Å². The Morgan fingerprint density at radius 1 is 1.02 bits per heavy atom. The van der Waals surface area contributed by atoms with E-state index in [9.17, 15) is 23.7 Å². The standard InChI is InChI=1S/C47H54FN6O8PS/c1-3-19-61-47(58)29(2)51-63(59,62-36-7-5-4-6-8-36)43(48)32-11-14-41-33(22-32)25-42(64-41)44(55)50-38-24-31-10-9-30(31)23-35-12-13-40(54(35)45(38)56)46(57)53-27-34(28-53)37-26-49-16-15-39(37)52-17-20-60-21-18-52/h4-11,14-16,22,25-26,29-31,34-35,38,40,43H,3,12-13,17-21,23-24,27-28H2,1-2H3,(H,50,55)(H,51,59)/t29-,30-,31+,35+,38-,40-,43-,63?/m0/s1. The minimum atomic E-state index is -4.46. The lowest BCUT2D eigenvalue weighted by molar-refractivity contribution is -0.150. The van der Waals surface area contributed by atoms with Gasteiger partial charge in [0, 0.05) is 66.5 Å². The molecule has 0 bridgehead atoms. The average molecular weight is 913 g/mol. The molecular weight excluding hydrogens is 859 g/mol. The summed E-state index contributed by atoms with van der Waals surface area (Å²) in [4.78, 5) is 66.3. The van der Waals surface area contributed by atoms with Gasteiger partial charge in [-0.3, -0.25) is 28.7 Å². The lowest BCUT2D eigenvalue weighted by atomic mass is 9.73. The smallest absolute Gasteiger partial charge is 0.355 e. The second-order valence-electron chi connectivity index (χ2n) is 17.4. The molecule has 2 aromatic carbocycles. The van der Waals surface area contributed by atoms with E-state index >= 15 is 4.39 Å². The first-order chi connectivity index (χ1) is 31.0. The van der Waals surface area contributed by atoms with Crippen LogP contribution in [0.2, 0.25) is 0 Å². The quantitative estimate of drug-likeness (QED) is 0.0764. The first-order valence-corrected chi connectivity index (χ1v) is 24.8. The van der Waals surface area contributed by atoms with Gasteiger partial charge in [0.1, 0.15) is 23.9 Å². The van der Waals surface area contributed by atoms with Crippen LogP contribution < -0.4 is 19.8 Å². The second kappa shape index (κ2) is 18.8. The molecule has 1 aliphatic carbocycles. The number of fused-ring (bicyclic) bond motifs is 3. The predicted molar refractivity (Wildman–Crippen MR) is 241 cm³/mol. The van der Waals surface area contributed by atoms with Crippen molar-refractivity contribution in [1.29, 1.82) is 0 Å². The number of alkyl halides is 1. The number of nitrogens with one attached hydrogen (secondary N) is 2. The van der Waals surface area contributed by atoms with Crippen LogP contribution in [0, 0.1) is 11.8 Å². The number of carbonyl (C=O) groups excluding carboxylic acids is 4. The van der Waals surface area contributed by atoms with Crippen LogP contribution in [-0.2, 0) is 28.4 Å². The summed E-state index contributed by atoms with van der Waals surface area (Å²) < 4.78 is 48.2. The summed E-state index contributed by atoms with van der Waals surface area (Å²) >= 11 is 1.20. The number of thiophene rings is 1. The molecular formula is C47H54FN6O8PS. The Kier molecular flexibility index (Phi) is 12.9. The van der Waals surface area contributed by atoms with Gasteiger partial charge in [0.15, 0.2) is 0 Å². The number of anilines is 1. The number of benzene rings is 2. The Balaban J connectivity index is 0.899. The molecule has 64 heavy (non-hydrogen) atoms. The minimum Gasteiger partial charge on any atom is -0.465 e. The number of amides is 3. The van der Waals surface area contributed by atoms with Gasteiger partial charge in [-0.05, 0) is 98.2 Å². The largest absolute Gasteiger partial charge is 0.465 e. The fourth-order valence-corrected chi connectivity index (χ4v) is 12.5. The van der Waals surface area contributed by atoms with E-state index in [1.807, 2.05) is 24.1 Å². The zero-order valence-corrected chi connectivity index (χ0v) is 37.7. The van der Waals surface area contributed by atoms with Crippen LogP contribution in [0.25, 0.3) is 10.1 Å². The van der Waals surface area contributed by atoms with Gasteiger partial charge in [-0.25, -0.2) is 9.48 Å². The first kappa shape index (κ1) is 44.1. The number of para-hydroxylation sites is 1. The third kappa shape index (κ3) is 8.94. The highest BCUT2D eigenvalue weighted by Crippen LogP contribution is 2.58. The van der Waals surface area contributed by atoms with Gasteiger partial charge in [0.25, 0.3) is 5.91 Å². The maximum atomic E-state index is 16.6. The van der Waals surface area contributed by atoms with Crippen LogP contribution in [0.15, 0.2) is 85.2 Å². The van der Waals surface area contributed by atoms with E-state index in [-0.39, 0.29) is 53.5 Å². The molecule has 0 saturated carbocycles. The average Bonchev–Trinajstić information content (AvgIpc) is 3.92. The van der Waals surface area contributed by atoms with Crippen molar-refractivity contribution in [3.8, 4) is 5.75 Å². The highest BCUT2D eigenvalue weighted by molar-refractivity contribution is 7.57. The van der Waals surface area contributed by atoms with Gasteiger partial charge in [-0.2, -0.15) is 0 Å². The fourth-order valence-electron chi connectivity index (χ4n) is 9.66. The number of allylic oxidation sites excluding steroid dienone is 2. The maximum Gasteiger partial charge on any atom is 0.355 e. The Morgan fingerprint density at radius 3 is 2.53 bits per heavy atom. The van der Waals surface area contributed by atoms with E-state index in [0.29, 0.717) is 60.5 Å². The van der Waals surface area contributed by atoms with Crippen molar-refractivity contribution in [3.05, 3.63) is 101 Å². The Labute approximate surface area is 376 Å². The summed E-state index contributed by atoms with van der Waals surface area (Å²) in [6.07, 6.45) is 11.1. The van der Waals surface area contributed by atoms with Crippen LogP contribution >= 0.6 is 18.9 Å². The van der Waals surface area contributed by atoms with Gasteiger partial charge in [-0.15, -0.1) is 11.3 Å². The summed E-state index contributed by atoms with van der Waals surface area (Å²) in [5.41, 5.74) is 2.28. The van der Waals surface area contributed by atoms with E-state index in [0.717, 1.165) is 37.2 Å². The van der Waals surface area contributed by atoms with Crippen molar-refractivity contribution in [3.63, 3.8) is 0 Å². The number of halogens is 1. The topological polar surface area (TPSA) is 160 Å². The molecule has 8 atom stereocenters. The molecule has 4 aliphatic heterocycles. The number of hydrogen-bond donors (Lipinski definition) is 2. The molecule has 4 saturated heterocycles. The molecule has 14 nitrogen and oxygen atoms in total.